The third kappa shape index (κ3) is 2.65. The molecule has 0 bridgehead atoms. The number of rotatable bonds is 5. The average molecular weight is 321 g/mol. The van der Waals surface area contributed by atoms with Crippen molar-refractivity contribution in [1.29, 1.82) is 0 Å². The highest BCUT2D eigenvalue weighted by Crippen LogP contribution is 2.26. The first-order valence-electron chi connectivity index (χ1n) is 6.91. The van der Waals surface area contributed by atoms with Gasteiger partial charge in [-0.2, -0.15) is 0 Å². The number of benzene rings is 1. The number of ether oxygens (including phenoxy) is 1. The number of hydrogen-bond acceptors (Lipinski definition) is 3. The predicted octanol–water partition coefficient (Wildman–Crippen LogP) is 4.46. The third-order valence-electron chi connectivity index (χ3n) is 3.67. The molecule has 2 aromatic heterocycles. The lowest BCUT2D eigenvalue weighted by atomic mass is 10.2. The molecule has 110 valence electrons. The highest BCUT2D eigenvalue weighted by atomic mass is 35.5. The first-order chi connectivity index (χ1) is 10.3. The van der Waals surface area contributed by atoms with Gasteiger partial charge in [0.05, 0.1) is 30.6 Å². The number of aryl methyl sites for hydroxylation is 1. The summed E-state index contributed by atoms with van der Waals surface area (Å²) in [6.07, 6.45) is 1.05. The molecule has 0 atom stereocenters. The standard InChI is InChI=1S/C16H17ClN2OS/c1-3-11-6-7-21-15(11)10-19-14-5-4-12(20-2)8-13(14)18-16(19)9-17/h4-8H,3,9-10H2,1-2H3. The van der Waals surface area contributed by atoms with Crippen LogP contribution < -0.4 is 4.74 Å². The third-order valence-corrected chi connectivity index (χ3v) is 4.86. The summed E-state index contributed by atoms with van der Waals surface area (Å²) in [5, 5.41) is 2.15. The number of fused-ring (bicyclic) bond motifs is 1. The van der Waals surface area contributed by atoms with E-state index < -0.39 is 0 Å². The molecule has 3 aromatic rings. The average Bonchev–Trinajstić information content (AvgIpc) is 3.11. The van der Waals surface area contributed by atoms with E-state index in [9.17, 15) is 0 Å². The Hall–Kier alpha value is -1.52. The van der Waals surface area contributed by atoms with Gasteiger partial charge in [0.1, 0.15) is 11.6 Å². The number of hydrogen-bond donors (Lipinski definition) is 0. The first-order valence-corrected chi connectivity index (χ1v) is 8.32. The minimum absolute atomic E-state index is 0.407. The second kappa shape index (κ2) is 6.08. The van der Waals surface area contributed by atoms with Gasteiger partial charge in [0.15, 0.2) is 0 Å². The molecule has 0 amide bonds. The van der Waals surface area contributed by atoms with Gasteiger partial charge >= 0.3 is 0 Å². The van der Waals surface area contributed by atoms with Crippen LogP contribution in [0, 0.1) is 0 Å². The van der Waals surface area contributed by atoms with Gasteiger partial charge < -0.3 is 9.30 Å². The number of aromatic nitrogens is 2. The van der Waals surface area contributed by atoms with Crippen LogP contribution in [0.3, 0.4) is 0 Å². The van der Waals surface area contributed by atoms with Crippen molar-refractivity contribution in [3.8, 4) is 5.75 Å². The molecular weight excluding hydrogens is 304 g/mol. The second-order valence-corrected chi connectivity index (χ2v) is 6.09. The number of thiophene rings is 1. The molecular formula is C16H17ClN2OS. The van der Waals surface area contributed by atoms with Crippen molar-refractivity contribution in [3.05, 3.63) is 45.9 Å². The van der Waals surface area contributed by atoms with Crippen LogP contribution in [0.5, 0.6) is 5.75 Å². The van der Waals surface area contributed by atoms with Gasteiger partial charge in [-0.25, -0.2) is 4.98 Å². The number of halogens is 1. The van der Waals surface area contributed by atoms with Gasteiger partial charge in [-0.1, -0.05) is 6.92 Å². The summed E-state index contributed by atoms with van der Waals surface area (Å²) < 4.78 is 7.47. The summed E-state index contributed by atoms with van der Waals surface area (Å²) in [7, 11) is 1.67. The topological polar surface area (TPSA) is 27.1 Å². The van der Waals surface area contributed by atoms with E-state index in [4.69, 9.17) is 16.3 Å². The normalized spacial score (nSPS) is 11.2. The van der Waals surface area contributed by atoms with E-state index in [1.165, 1.54) is 10.4 Å². The summed E-state index contributed by atoms with van der Waals surface area (Å²) in [4.78, 5) is 6.01. The molecule has 0 radical (unpaired) electrons. The molecule has 0 N–H and O–H groups in total. The summed E-state index contributed by atoms with van der Waals surface area (Å²) in [5.41, 5.74) is 3.43. The fourth-order valence-electron chi connectivity index (χ4n) is 2.53. The van der Waals surface area contributed by atoms with Crippen molar-refractivity contribution < 1.29 is 4.74 Å². The minimum atomic E-state index is 0.407. The van der Waals surface area contributed by atoms with Gasteiger partial charge in [0.25, 0.3) is 0 Å². The number of alkyl halides is 1. The number of imidazole rings is 1. The van der Waals surface area contributed by atoms with Crippen molar-refractivity contribution in [2.75, 3.05) is 7.11 Å². The van der Waals surface area contributed by atoms with E-state index in [0.29, 0.717) is 5.88 Å². The Labute approximate surface area is 133 Å². The SMILES string of the molecule is CCc1ccsc1Cn1c(CCl)nc2cc(OC)ccc21. The zero-order chi connectivity index (χ0) is 14.8. The monoisotopic (exact) mass is 320 g/mol. The van der Waals surface area contributed by atoms with E-state index in [1.54, 1.807) is 18.4 Å². The van der Waals surface area contributed by atoms with Crippen LogP contribution >= 0.6 is 22.9 Å². The van der Waals surface area contributed by atoms with Gasteiger partial charge in [0.2, 0.25) is 0 Å². The van der Waals surface area contributed by atoms with Crippen molar-refractivity contribution in [3.63, 3.8) is 0 Å². The molecule has 3 rings (SSSR count). The molecule has 5 heteroatoms. The van der Waals surface area contributed by atoms with Crippen molar-refractivity contribution in [1.82, 2.24) is 9.55 Å². The second-order valence-electron chi connectivity index (χ2n) is 4.83. The van der Waals surface area contributed by atoms with Crippen LogP contribution in [0.4, 0.5) is 0 Å². The molecule has 2 heterocycles. The maximum absolute atomic E-state index is 6.08. The molecule has 0 saturated carbocycles. The fraction of sp³-hybridized carbons (Fsp3) is 0.312. The number of methoxy groups -OCH3 is 1. The van der Waals surface area contributed by atoms with Crippen LogP contribution in [0.25, 0.3) is 11.0 Å². The Bertz CT molecular complexity index is 763. The van der Waals surface area contributed by atoms with Crippen LogP contribution in [-0.2, 0) is 18.8 Å². The Morgan fingerprint density at radius 2 is 2.19 bits per heavy atom. The zero-order valence-electron chi connectivity index (χ0n) is 12.1. The van der Waals surface area contributed by atoms with E-state index >= 15 is 0 Å². The molecule has 3 nitrogen and oxygen atoms in total. The lowest BCUT2D eigenvalue weighted by molar-refractivity contribution is 0.415. The summed E-state index contributed by atoms with van der Waals surface area (Å²) >= 11 is 7.87. The first kappa shape index (κ1) is 14.4. The summed E-state index contributed by atoms with van der Waals surface area (Å²) in [6, 6.07) is 8.17. The highest BCUT2D eigenvalue weighted by Gasteiger charge is 2.13. The molecule has 0 saturated heterocycles. The quantitative estimate of drug-likeness (QED) is 0.649. The van der Waals surface area contributed by atoms with Gasteiger partial charge in [-0.15, -0.1) is 22.9 Å². The van der Waals surface area contributed by atoms with E-state index in [0.717, 1.165) is 35.6 Å². The Kier molecular flexibility index (Phi) is 4.17. The molecule has 0 aliphatic heterocycles. The van der Waals surface area contributed by atoms with E-state index in [-0.39, 0.29) is 0 Å². The van der Waals surface area contributed by atoms with Crippen molar-refractivity contribution in [2.45, 2.75) is 25.8 Å². The predicted molar refractivity (Wildman–Crippen MR) is 88.6 cm³/mol. The van der Waals surface area contributed by atoms with Gasteiger partial charge in [-0.3, -0.25) is 0 Å². The van der Waals surface area contributed by atoms with Crippen molar-refractivity contribution in [2.24, 2.45) is 0 Å². The van der Waals surface area contributed by atoms with Crippen molar-refractivity contribution >= 4 is 34.0 Å². The molecule has 0 aliphatic carbocycles. The molecule has 0 unspecified atom stereocenters. The van der Waals surface area contributed by atoms with Gasteiger partial charge in [-0.05, 0) is 35.6 Å². The largest absolute Gasteiger partial charge is 0.497 e. The van der Waals surface area contributed by atoms with Crippen LogP contribution in [0.1, 0.15) is 23.2 Å². The Balaban J connectivity index is 2.08. The van der Waals surface area contributed by atoms with Crippen LogP contribution in [-0.4, -0.2) is 16.7 Å². The molecule has 1 aromatic carbocycles. The maximum Gasteiger partial charge on any atom is 0.125 e. The smallest absolute Gasteiger partial charge is 0.125 e. The maximum atomic E-state index is 6.08. The van der Waals surface area contributed by atoms with Crippen LogP contribution in [0.15, 0.2) is 29.6 Å². The van der Waals surface area contributed by atoms with Gasteiger partial charge in [0, 0.05) is 10.9 Å². The summed E-state index contributed by atoms with van der Waals surface area (Å²) in [5.74, 6) is 2.12. The molecule has 21 heavy (non-hydrogen) atoms. The molecule has 0 aliphatic rings. The Morgan fingerprint density at radius 3 is 2.90 bits per heavy atom. The van der Waals surface area contributed by atoms with E-state index in [1.807, 2.05) is 12.1 Å². The highest BCUT2D eigenvalue weighted by molar-refractivity contribution is 7.10. The van der Waals surface area contributed by atoms with E-state index in [2.05, 4.69) is 34.0 Å². The van der Waals surface area contributed by atoms with Crippen LogP contribution in [0.2, 0.25) is 0 Å². The summed E-state index contributed by atoms with van der Waals surface area (Å²) in [6.45, 7) is 3.01. The lowest BCUT2D eigenvalue weighted by Crippen LogP contribution is -2.04. The molecule has 0 fully saturated rings. The zero-order valence-corrected chi connectivity index (χ0v) is 13.7. The Morgan fingerprint density at radius 1 is 1.33 bits per heavy atom. The lowest BCUT2D eigenvalue weighted by Gasteiger charge is -2.08. The minimum Gasteiger partial charge on any atom is -0.497 e. The number of nitrogens with zero attached hydrogens (tertiary/aromatic N) is 2. The fourth-order valence-corrected chi connectivity index (χ4v) is 3.70. The molecule has 0 spiro atoms.